The maximum absolute atomic E-state index is 12.4. The minimum Gasteiger partial charge on any atom is -0.489 e. The number of nitrogens with one attached hydrogen (secondary N) is 1. The first-order valence-electron chi connectivity index (χ1n) is 9.78. The fraction of sp³-hybridized carbons (Fsp3) is 0.273. The summed E-state index contributed by atoms with van der Waals surface area (Å²) >= 11 is 5.99. The van der Waals surface area contributed by atoms with E-state index in [0.29, 0.717) is 35.0 Å². The van der Waals surface area contributed by atoms with E-state index in [1.807, 2.05) is 13.0 Å². The Morgan fingerprint density at radius 2 is 2.06 bits per heavy atom. The Bertz CT molecular complexity index is 1080. The van der Waals surface area contributed by atoms with Crippen molar-refractivity contribution in [3.8, 4) is 5.75 Å². The summed E-state index contributed by atoms with van der Waals surface area (Å²) in [6.45, 7) is 4.94. The number of carbonyl (C=O) groups excluding carboxylic acids is 1. The Morgan fingerprint density at radius 1 is 1.26 bits per heavy atom. The molecule has 0 aliphatic heterocycles. The van der Waals surface area contributed by atoms with Crippen LogP contribution in [0.25, 0.3) is 0 Å². The molecule has 0 fully saturated rings. The molecule has 9 heteroatoms. The summed E-state index contributed by atoms with van der Waals surface area (Å²) in [6, 6.07) is 11.8. The fourth-order valence-electron chi connectivity index (χ4n) is 3.04. The van der Waals surface area contributed by atoms with Crippen LogP contribution in [0.5, 0.6) is 5.75 Å². The molecule has 8 nitrogen and oxygen atoms in total. The average Bonchev–Trinajstić information content (AvgIpc) is 3.06. The Kier molecular flexibility index (Phi) is 7.25. The number of rotatable bonds is 9. The van der Waals surface area contributed by atoms with Crippen LogP contribution in [0, 0.1) is 24.0 Å². The normalized spacial score (nSPS) is 10.7. The van der Waals surface area contributed by atoms with E-state index in [4.69, 9.17) is 16.3 Å². The van der Waals surface area contributed by atoms with Gasteiger partial charge in [-0.2, -0.15) is 5.10 Å². The third-order valence-corrected chi connectivity index (χ3v) is 5.07. The van der Waals surface area contributed by atoms with Gasteiger partial charge in [0, 0.05) is 36.5 Å². The summed E-state index contributed by atoms with van der Waals surface area (Å²) < 4.78 is 7.49. The molecule has 0 radical (unpaired) electrons. The highest BCUT2D eigenvalue weighted by Crippen LogP contribution is 2.23. The van der Waals surface area contributed by atoms with E-state index in [9.17, 15) is 14.9 Å². The second-order valence-corrected chi connectivity index (χ2v) is 7.54. The molecule has 0 spiro atoms. The molecular weight excluding hydrogens is 420 g/mol. The van der Waals surface area contributed by atoms with Crippen molar-refractivity contribution in [3.63, 3.8) is 0 Å². The minimum atomic E-state index is -0.424. The van der Waals surface area contributed by atoms with Gasteiger partial charge in [0.2, 0.25) is 0 Å². The Balaban J connectivity index is 1.50. The molecule has 31 heavy (non-hydrogen) atoms. The molecule has 2 aromatic carbocycles. The van der Waals surface area contributed by atoms with Crippen molar-refractivity contribution in [2.24, 2.45) is 0 Å². The smallest absolute Gasteiger partial charge is 0.272 e. The van der Waals surface area contributed by atoms with Crippen molar-refractivity contribution in [2.75, 3.05) is 6.54 Å². The van der Waals surface area contributed by atoms with Crippen LogP contribution >= 0.6 is 11.6 Å². The number of halogens is 1. The van der Waals surface area contributed by atoms with Gasteiger partial charge < -0.3 is 10.1 Å². The van der Waals surface area contributed by atoms with E-state index in [2.05, 4.69) is 10.4 Å². The molecule has 162 valence electrons. The van der Waals surface area contributed by atoms with Gasteiger partial charge >= 0.3 is 0 Å². The van der Waals surface area contributed by atoms with Gasteiger partial charge in [-0.1, -0.05) is 23.7 Å². The Labute approximate surface area is 184 Å². The van der Waals surface area contributed by atoms with Crippen LogP contribution in [-0.2, 0) is 13.2 Å². The van der Waals surface area contributed by atoms with E-state index in [0.717, 1.165) is 17.7 Å². The highest BCUT2D eigenvalue weighted by molar-refractivity contribution is 6.31. The van der Waals surface area contributed by atoms with Crippen LogP contribution in [0.4, 0.5) is 5.69 Å². The van der Waals surface area contributed by atoms with Crippen molar-refractivity contribution in [1.29, 1.82) is 0 Å². The molecule has 0 aliphatic carbocycles. The molecular formula is C22H23ClN4O4. The number of ether oxygens (including phenoxy) is 1. The van der Waals surface area contributed by atoms with Crippen LogP contribution < -0.4 is 10.1 Å². The number of hydrogen-bond donors (Lipinski definition) is 1. The van der Waals surface area contributed by atoms with Gasteiger partial charge in [0.15, 0.2) is 0 Å². The summed E-state index contributed by atoms with van der Waals surface area (Å²) in [4.78, 5) is 22.9. The topological polar surface area (TPSA) is 99.3 Å². The lowest BCUT2D eigenvalue weighted by atomic mass is 10.1. The maximum Gasteiger partial charge on any atom is 0.272 e. The highest BCUT2D eigenvalue weighted by atomic mass is 35.5. The fourth-order valence-corrected chi connectivity index (χ4v) is 3.20. The predicted octanol–water partition coefficient (Wildman–Crippen LogP) is 4.46. The number of amides is 1. The van der Waals surface area contributed by atoms with Crippen LogP contribution in [-0.4, -0.2) is 27.2 Å². The third kappa shape index (κ3) is 6.05. The second kappa shape index (κ2) is 10.1. The van der Waals surface area contributed by atoms with Crippen molar-refractivity contribution >= 4 is 23.2 Å². The molecule has 1 N–H and O–H groups in total. The van der Waals surface area contributed by atoms with Crippen molar-refractivity contribution in [3.05, 3.63) is 86.2 Å². The molecule has 0 atom stereocenters. The standard InChI is InChI=1S/C22H23ClN4O4/c1-15-11-19(7-8-21(15)27(29)30)31-14-17-5-3-6-18(12-17)22(28)24-9-4-10-26-13-20(23)16(2)25-26/h3,5-8,11-13H,4,9-10,14H2,1-2H3,(H,24,28). The summed E-state index contributed by atoms with van der Waals surface area (Å²) in [5.74, 6) is 0.370. The largest absolute Gasteiger partial charge is 0.489 e. The molecule has 1 heterocycles. The number of nitro benzene ring substituents is 1. The van der Waals surface area contributed by atoms with Gasteiger partial charge in [-0.25, -0.2) is 0 Å². The lowest BCUT2D eigenvalue weighted by molar-refractivity contribution is -0.385. The van der Waals surface area contributed by atoms with Gasteiger partial charge in [0.1, 0.15) is 12.4 Å². The number of hydrogen-bond acceptors (Lipinski definition) is 5. The zero-order valence-electron chi connectivity index (χ0n) is 17.3. The summed E-state index contributed by atoms with van der Waals surface area (Å²) in [5.41, 5.74) is 2.73. The minimum absolute atomic E-state index is 0.0526. The van der Waals surface area contributed by atoms with Crippen molar-refractivity contribution in [1.82, 2.24) is 15.1 Å². The number of benzene rings is 2. The SMILES string of the molecule is Cc1cc(OCc2cccc(C(=O)NCCCn3cc(Cl)c(C)n3)c2)ccc1[N+](=O)[O-]. The molecule has 0 unspecified atom stereocenters. The lowest BCUT2D eigenvalue weighted by Crippen LogP contribution is -2.25. The number of aromatic nitrogens is 2. The maximum atomic E-state index is 12.4. The van der Waals surface area contributed by atoms with Crippen LogP contribution in [0.15, 0.2) is 48.7 Å². The van der Waals surface area contributed by atoms with E-state index in [-0.39, 0.29) is 18.2 Å². The van der Waals surface area contributed by atoms with Gasteiger partial charge in [-0.15, -0.1) is 0 Å². The first-order chi connectivity index (χ1) is 14.8. The molecule has 0 bridgehead atoms. The molecule has 3 aromatic rings. The van der Waals surface area contributed by atoms with Gasteiger partial charge in [0.05, 0.1) is 15.6 Å². The first kappa shape index (κ1) is 22.3. The Morgan fingerprint density at radius 3 is 2.74 bits per heavy atom. The molecule has 0 aliphatic rings. The number of nitro groups is 1. The molecule has 0 saturated carbocycles. The summed E-state index contributed by atoms with van der Waals surface area (Å²) in [7, 11) is 0. The van der Waals surface area contributed by atoms with E-state index < -0.39 is 4.92 Å². The second-order valence-electron chi connectivity index (χ2n) is 7.13. The first-order valence-corrected chi connectivity index (χ1v) is 10.2. The molecule has 0 saturated heterocycles. The van der Waals surface area contributed by atoms with Gasteiger partial charge in [0.25, 0.3) is 11.6 Å². The van der Waals surface area contributed by atoms with Crippen LogP contribution in [0.3, 0.4) is 0 Å². The van der Waals surface area contributed by atoms with Crippen molar-refractivity contribution in [2.45, 2.75) is 33.4 Å². The monoisotopic (exact) mass is 442 g/mol. The van der Waals surface area contributed by atoms with E-state index in [1.54, 1.807) is 48.1 Å². The molecule has 3 rings (SSSR count). The molecule has 1 aromatic heterocycles. The zero-order valence-corrected chi connectivity index (χ0v) is 18.1. The highest BCUT2D eigenvalue weighted by Gasteiger charge is 2.11. The summed E-state index contributed by atoms with van der Waals surface area (Å²) in [5, 5.41) is 18.7. The Hall–Kier alpha value is -3.39. The van der Waals surface area contributed by atoms with E-state index >= 15 is 0 Å². The lowest BCUT2D eigenvalue weighted by Gasteiger charge is -2.09. The van der Waals surface area contributed by atoms with E-state index in [1.165, 1.54) is 6.07 Å². The predicted molar refractivity (Wildman–Crippen MR) is 118 cm³/mol. The van der Waals surface area contributed by atoms with Gasteiger partial charge in [-0.3, -0.25) is 19.6 Å². The summed E-state index contributed by atoms with van der Waals surface area (Å²) in [6.07, 6.45) is 2.50. The van der Waals surface area contributed by atoms with Crippen LogP contribution in [0.1, 0.15) is 33.6 Å². The number of aryl methyl sites for hydroxylation is 3. The third-order valence-electron chi connectivity index (χ3n) is 4.70. The number of nitrogens with zero attached hydrogens (tertiary/aromatic N) is 3. The molecule has 1 amide bonds. The van der Waals surface area contributed by atoms with Crippen molar-refractivity contribution < 1.29 is 14.5 Å². The zero-order chi connectivity index (χ0) is 22.4. The van der Waals surface area contributed by atoms with Crippen LogP contribution in [0.2, 0.25) is 5.02 Å². The van der Waals surface area contributed by atoms with Gasteiger partial charge in [-0.05, 0) is 50.1 Å². The average molecular weight is 443 g/mol. The number of carbonyl (C=O) groups is 1. The quantitative estimate of drug-likeness (QED) is 0.299.